The molecule has 2 rings (SSSR count). The molecular formula is C12H16N2O3S. The third-order valence-corrected chi connectivity index (χ3v) is 3.82. The number of nitrogens with zero attached hydrogens (tertiary/aromatic N) is 1. The lowest BCUT2D eigenvalue weighted by molar-refractivity contribution is -0.139. The first-order valence-corrected chi connectivity index (χ1v) is 6.72. The van der Waals surface area contributed by atoms with Crippen molar-refractivity contribution in [2.24, 2.45) is 5.92 Å². The van der Waals surface area contributed by atoms with Crippen molar-refractivity contribution in [3.8, 4) is 0 Å². The number of nitrogens with one attached hydrogen (secondary N) is 1. The van der Waals surface area contributed by atoms with Crippen LogP contribution < -0.4 is 5.32 Å². The molecule has 0 spiro atoms. The van der Waals surface area contributed by atoms with Gasteiger partial charge in [0.1, 0.15) is 6.04 Å². The Kier molecular flexibility index (Phi) is 3.86. The maximum absolute atomic E-state index is 11.9. The van der Waals surface area contributed by atoms with E-state index in [9.17, 15) is 9.59 Å². The second-order valence-electron chi connectivity index (χ2n) is 4.54. The lowest BCUT2D eigenvalue weighted by Gasteiger charge is -2.20. The second-order valence-corrected chi connectivity index (χ2v) is 5.57. The van der Waals surface area contributed by atoms with Crippen molar-refractivity contribution in [2.75, 3.05) is 7.05 Å². The van der Waals surface area contributed by atoms with Gasteiger partial charge in [0.05, 0.1) is 6.54 Å². The summed E-state index contributed by atoms with van der Waals surface area (Å²) in [6.45, 7) is 0.501. The number of carbonyl (C=O) groups excluding carboxylic acids is 1. The quantitative estimate of drug-likeness (QED) is 0.854. The van der Waals surface area contributed by atoms with Crippen LogP contribution in [0.2, 0.25) is 0 Å². The number of aliphatic carboxylic acids is 1. The molecule has 0 aliphatic heterocycles. The highest BCUT2D eigenvalue weighted by Crippen LogP contribution is 2.32. The summed E-state index contributed by atoms with van der Waals surface area (Å²) in [7, 11) is 1.67. The molecule has 2 N–H and O–H groups in total. The van der Waals surface area contributed by atoms with Gasteiger partial charge in [0.2, 0.25) is 0 Å². The van der Waals surface area contributed by atoms with E-state index in [4.69, 9.17) is 5.11 Å². The number of thiophene rings is 1. The smallest absolute Gasteiger partial charge is 0.326 e. The van der Waals surface area contributed by atoms with Gasteiger partial charge < -0.3 is 15.3 Å². The molecule has 1 aliphatic rings. The van der Waals surface area contributed by atoms with E-state index >= 15 is 0 Å². The third-order valence-electron chi connectivity index (χ3n) is 2.96. The first-order chi connectivity index (χ1) is 8.58. The molecule has 1 aromatic rings. The summed E-state index contributed by atoms with van der Waals surface area (Å²) >= 11 is 1.57. The molecule has 0 radical (unpaired) electrons. The summed E-state index contributed by atoms with van der Waals surface area (Å²) in [6.07, 6.45) is 1.76. The fraction of sp³-hybridized carbons (Fsp3) is 0.500. The number of urea groups is 1. The van der Waals surface area contributed by atoms with E-state index in [1.807, 2.05) is 17.5 Å². The molecule has 98 valence electrons. The van der Waals surface area contributed by atoms with Crippen LogP contribution >= 0.6 is 11.3 Å². The van der Waals surface area contributed by atoms with E-state index in [1.54, 1.807) is 18.4 Å². The Morgan fingerprint density at radius 3 is 2.83 bits per heavy atom. The molecule has 2 amide bonds. The lowest BCUT2D eigenvalue weighted by Crippen LogP contribution is -2.47. The molecule has 1 atom stereocenters. The lowest BCUT2D eigenvalue weighted by atomic mass is 10.2. The van der Waals surface area contributed by atoms with Gasteiger partial charge in [0, 0.05) is 11.9 Å². The van der Waals surface area contributed by atoms with Crippen LogP contribution in [0.3, 0.4) is 0 Å². The van der Waals surface area contributed by atoms with Gasteiger partial charge in [0.15, 0.2) is 0 Å². The number of amides is 2. The van der Waals surface area contributed by atoms with Crippen molar-refractivity contribution in [1.29, 1.82) is 0 Å². The fourth-order valence-corrected chi connectivity index (χ4v) is 2.52. The van der Waals surface area contributed by atoms with Gasteiger partial charge in [-0.1, -0.05) is 6.07 Å². The molecule has 1 heterocycles. The average molecular weight is 268 g/mol. The van der Waals surface area contributed by atoms with Crippen molar-refractivity contribution < 1.29 is 14.7 Å². The second kappa shape index (κ2) is 5.39. The highest BCUT2D eigenvalue weighted by Gasteiger charge is 2.37. The summed E-state index contributed by atoms with van der Waals surface area (Å²) in [4.78, 5) is 25.5. The van der Waals surface area contributed by atoms with Crippen molar-refractivity contribution in [3.63, 3.8) is 0 Å². The Morgan fingerprint density at radius 2 is 2.33 bits per heavy atom. The number of carboxylic acids is 1. The maximum Gasteiger partial charge on any atom is 0.326 e. The largest absolute Gasteiger partial charge is 0.480 e. The topological polar surface area (TPSA) is 69.6 Å². The van der Waals surface area contributed by atoms with Crippen LogP contribution in [-0.2, 0) is 11.3 Å². The molecule has 6 heteroatoms. The standard InChI is InChI=1S/C12H16N2O3S/c1-14(7-9-3-2-6-18-9)12(17)13-10(11(15)16)8-4-5-8/h2-3,6,8,10H,4-5,7H2,1H3,(H,13,17)(H,15,16). The minimum absolute atomic E-state index is 0.0987. The zero-order valence-corrected chi connectivity index (χ0v) is 10.9. The predicted octanol–water partition coefficient (Wildman–Crippen LogP) is 1.75. The SMILES string of the molecule is CN(Cc1cccs1)C(=O)NC(C(=O)O)C1CC1. The van der Waals surface area contributed by atoms with E-state index in [0.717, 1.165) is 17.7 Å². The van der Waals surface area contributed by atoms with Crippen LogP contribution in [-0.4, -0.2) is 35.1 Å². The first-order valence-electron chi connectivity index (χ1n) is 5.84. The highest BCUT2D eigenvalue weighted by atomic mass is 32.1. The van der Waals surface area contributed by atoms with Crippen LogP contribution in [0.5, 0.6) is 0 Å². The number of hydrogen-bond acceptors (Lipinski definition) is 3. The predicted molar refractivity (Wildman–Crippen MR) is 68.5 cm³/mol. The molecule has 1 aliphatic carbocycles. The van der Waals surface area contributed by atoms with Crippen LogP contribution in [0, 0.1) is 5.92 Å². The third kappa shape index (κ3) is 3.22. The molecule has 18 heavy (non-hydrogen) atoms. The van der Waals surface area contributed by atoms with E-state index in [2.05, 4.69) is 5.32 Å². The van der Waals surface area contributed by atoms with Gasteiger partial charge in [-0.05, 0) is 30.2 Å². The minimum Gasteiger partial charge on any atom is -0.480 e. The van der Waals surface area contributed by atoms with Gasteiger partial charge in [-0.25, -0.2) is 9.59 Å². The van der Waals surface area contributed by atoms with Crippen molar-refractivity contribution in [3.05, 3.63) is 22.4 Å². The number of hydrogen-bond donors (Lipinski definition) is 2. The first kappa shape index (κ1) is 12.9. The Bertz CT molecular complexity index is 429. The summed E-state index contributed by atoms with van der Waals surface area (Å²) in [5.74, 6) is -0.850. The summed E-state index contributed by atoms with van der Waals surface area (Å²) in [5.41, 5.74) is 0. The number of rotatable bonds is 5. The van der Waals surface area contributed by atoms with E-state index < -0.39 is 12.0 Å². The molecule has 1 fully saturated rings. The van der Waals surface area contributed by atoms with Crippen molar-refractivity contribution >= 4 is 23.3 Å². The Balaban J connectivity index is 1.88. The molecule has 0 saturated heterocycles. The zero-order valence-electron chi connectivity index (χ0n) is 10.1. The molecular weight excluding hydrogens is 252 g/mol. The normalized spacial score (nSPS) is 16.1. The monoisotopic (exact) mass is 268 g/mol. The fourth-order valence-electron chi connectivity index (χ4n) is 1.76. The minimum atomic E-state index is -0.949. The molecule has 0 aromatic carbocycles. The molecule has 5 nitrogen and oxygen atoms in total. The molecule has 1 unspecified atom stereocenters. The average Bonchev–Trinajstić information content (AvgIpc) is 3.03. The van der Waals surface area contributed by atoms with E-state index in [-0.39, 0.29) is 11.9 Å². The number of carbonyl (C=O) groups is 2. The Hall–Kier alpha value is -1.56. The highest BCUT2D eigenvalue weighted by molar-refractivity contribution is 7.09. The van der Waals surface area contributed by atoms with E-state index in [1.165, 1.54) is 4.90 Å². The van der Waals surface area contributed by atoms with Crippen molar-refractivity contribution in [1.82, 2.24) is 10.2 Å². The van der Waals surface area contributed by atoms with Crippen molar-refractivity contribution in [2.45, 2.75) is 25.4 Å². The molecule has 0 bridgehead atoms. The van der Waals surface area contributed by atoms with Crippen LogP contribution in [0.4, 0.5) is 4.79 Å². The van der Waals surface area contributed by atoms with Gasteiger partial charge in [-0.2, -0.15) is 0 Å². The Labute approximate surface area is 109 Å². The van der Waals surface area contributed by atoms with Gasteiger partial charge in [-0.15, -0.1) is 11.3 Å². The van der Waals surface area contributed by atoms with Gasteiger partial charge in [0.25, 0.3) is 0 Å². The summed E-state index contributed by atoms with van der Waals surface area (Å²) in [6, 6.07) is 2.80. The summed E-state index contributed by atoms with van der Waals surface area (Å²) < 4.78 is 0. The number of carboxylic acid groups (broad SMARTS) is 1. The summed E-state index contributed by atoms with van der Waals surface area (Å²) in [5, 5.41) is 13.6. The molecule has 1 aromatic heterocycles. The van der Waals surface area contributed by atoms with Gasteiger partial charge in [-0.3, -0.25) is 0 Å². The van der Waals surface area contributed by atoms with Crippen LogP contribution in [0.1, 0.15) is 17.7 Å². The zero-order chi connectivity index (χ0) is 13.1. The van der Waals surface area contributed by atoms with Crippen LogP contribution in [0.25, 0.3) is 0 Å². The maximum atomic E-state index is 11.9. The van der Waals surface area contributed by atoms with Gasteiger partial charge >= 0.3 is 12.0 Å². The van der Waals surface area contributed by atoms with Crippen LogP contribution in [0.15, 0.2) is 17.5 Å². The molecule has 1 saturated carbocycles. The Morgan fingerprint density at radius 1 is 1.61 bits per heavy atom. The van der Waals surface area contributed by atoms with E-state index in [0.29, 0.717) is 6.54 Å².